The third kappa shape index (κ3) is 3.27. The van der Waals surface area contributed by atoms with Gasteiger partial charge in [0.15, 0.2) is 0 Å². The highest BCUT2D eigenvalue weighted by Crippen LogP contribution is 2.36. The number of benzene rings is 1. The summed E-state index contributed by atoms with van der Waals surface area (Å²) >= 11 is 6.01. The first-order valence-corrected chi connectivity index (χ1v) is 8.77. The molecule has 0 fully saturated rings. The molecule has 0 saturated heterocycles. The largest absolute Gasteiger partial charge is 0.314 e. The summed E-state index contributed by atoms with van der Waals surface area (Å²) in [6, 6.07) is 7.67. The molecule has 2 aromatic rings. The Labute approximate surface area is 141 Å². The number of aromatic nitrogens is 3. The van der Waals surface area contributed by atoms with E-state index in [0.29, 0.717) is 11.4 Å². The molecule has 2 heterocycles. The normalized spacial score (nSPS) is 17.9. The third-order valence-corrected chi connectivity index (χ3v) is 5.18. The molecule has 23 heavy (non-hydrogen) atoms. The van der Waals surface area contributed by atoms with E-state index in [-0.39, 0.29) is 6.67 Å². The minimum absolute atomic E-state index is 0.388. The number of alkyl halides is 1. The smallest absolute Gasteiger partial charge is 0.143 e. The first kappa shape index (κ1) is 16.4. The second kappa shape index (κ2) is 7.00. The summed E-state index contributed by atoms with van der Waals surface area (Å²) in [5.74, 6) is 1.92. The molecular formula is C18H23ClFN3. The maximum Gasteiger partial charge on any atom is 0.143 e. The minimum Gasteiger partial charge on any atom is -0.314 e. The van der Waals surface area contributed by atoms with Crippen molar-refractivity contribution in [2.75, 3.05) is 6.67 Å². The van der Waals surface area contributed by atoms with Gasteiger partial charge in [-0.3, -0.25) is 4.39 Å². The zero-order valence-electron chi connectivity index (χ0n) is 13.6. The SMILES string of the molecule is C[C@@](CCF)(c1ccc(Cl)cc1)c1nnc2n1CCCCCC2. The Morgan fingerprint density at radius 1 is 1.13 bits per heavy atom. The van der Waals surface area contributed by atoms with Crippen molar-refractivity contribution in [2.45, 2.75) is 57.4 Å². The fourth-order valence-corrected chi connectivity index (χ4v) is 3.59. The van der Waals surface area contributed by atoms with Gasteiger partial charge >= 0.3 is 0 Å². The molecule has 1 aliphatic rings. The van der Waals surface area contributed by atoms with E-state index < -0.39 is 5.41 Å². The molecule has 1 aromatic heterocycles. The first-order chi connectivity index (χ1) is 11.1. The van der Waals surface area contributed by atoms with Crippen molar-refractivity contribution >= 4 is 11.6 Å². The quantitative estimate of drug-likeness (QED) is 0.809. The van der Waals surface area contributed by atoms with Crippen LogP contribution in [0.5, 0.6) is 0 Å². The third-order valence-electron chi connectivity index (χ3n) is 4.93. The molecule has 0 amide bonds. The van der Waals surface area contributed by atoms with Crippen LogP contribution in [0.1, 0.15) is 56.2 Å². The summed E-state index contributed by atoms with van der Waals surface area (Å²) in [5.41, 5.74) is 0.556. The van der Waals surface area contributed by atoms with Gasteiger partial charge in [0, 0.05) is 18.0 Å². The molecule has 0 saturated carbocycles. The van der Waals surface area contributed by atoms with Crippen LogP contribution in [0.2, 0.25) is 5.02 Å². The van der Waals surface area contributed by atoms with Crippen molar-refractivity contribution in [1.82, 2.24) is 14.8 Å². The second-order valence-corrected chi connectivity index (χ2v) is 6.97. The molecular weight excluding hydrogens is 313 g/mol. The summed E-state index contributed by atoms with van der Waals surface area (Å²) < 4.78 is 15.6. The Morgan fingerprint density at radius 2 is 1.87 bits per heavy atom. The standard InChI is InChI=1S/C18H23ClFN3/c1-18(11-12-20,14-7-9-15(19)10-8-14)17-22-21-16-6-4-2-3-5-13-23(16)17/h7-10H,2-6,11-13H2,1H3/t18-/m1/s1. The van der Waals surface area contributed by atoms with E-state index in [4.69, 9.17) is 11.6 Å². The van der Waals surface area contributed by atoms with E-state index in [1.165, 1.54) is 12.8 Å². The first-order valence-electron chi connectivity index (χ1n) is 8.40. The summed E-state index contributed by atoms with van der Waals surface area (Å²) in [4.78, 5) is 0. The number of hydrogen-bond donors (Lipinski definition) is 0. The van der Waals surface area contributed by atoms with Crippen molar-refractivity contribution in [3.63, 3.8) is 0 Å². The van der Waals surface area contributed by atoms with E-state index in [9.17, 15) is 4.39 Å². The molecule has 0 radical (unpaired) electrons. The Morgan fingerprint density at radius 3 is 2.61 bits per heavy atom. The molecule has 124 valence electrons. The van der Waals surface area contributed by atoms with Crippen LogP contribution < -0.4 is 0 Å². The van der Waals surface area contributed by atoms with Gasteiger partial charge in [0.05, 0.1) is 12.1 Å². The number of nitrogens with zero attached hydrogens (tertiary/aromatic N) is 3. The fraction of sp³-hybridized carbons (Fsp3) is 0.556. The highest BCUT2D eigenvalue weighted by molar-refractivity contribution is 6.30. The number of halogens is 2. The lowest BCUT2D eigenvalue weighted by Crippen LogP contribution is -2.30. The Bertz CT molecular complexity index is 653. The van der Waals surface area contributed by atoms with Crippen molar-refractivity contribution < 1.29 is 4.39 Å². The highest BCUT2D eigenvalue weighted by atomic mass is 35.5. The molecule has 1 aliphatic heterocycles. The van der Waals surface area contributed by atoms with Crippen LogP contribution in [0, 0.1) is 0 Å². The summed E-state index contributed by atoms with van der Waals surface area (Å²) in [6.07, 6.45) is 6.12. The van der Waals surface area contributed by atoms with Gasteiger partial charge in [-0.1, -0.05) is 36.6 Å². The second-order valence-electron chi connectivity index (χ2n) is 6.53. The molecule has 0 aliphatic carbocycles. The molecule has 1 aromatic carbocycles. The van der Waals surface area contributed by atoms with Gasteiger partial charge in [-0.25, -0.2) is 0 Å². The fourth-order valence-electron chi connectivity index (χ4n) is 3.46. The number of aryl methyl sites for hydroxylation is 1. The van der Waals surface area contributed by atoms with Crippen LogP contribution in [0.15, 0.2) is 24.3 Å². The van der Waals surface area contributed by atoms with Crippen LogP contribution in [0.3, 0.4) is 0 Å². The van der Waals surface area contributed by atoms with Crippen molar-refractivity contribution in [1.29, 1.82) is 0 Å². The van der Waals surface area contributed by atoms with E-state index in [1.807, 2.05) is 24.3 Å². The zero-order chi connectivity index (χ0) is 16.3. The number of rotatable bonds is 4. The van der Waals surface area contributed by atoms with Crippen molar-refractivity contribution in [2.24, 2.45) is 0 Å². The molecule has 1 atom stereocenters. The summed E-state index contributed by atoms with van der Waals surface area (Å²) in [6.45, 7) is 2.60. The molecule has 0 N–H and O–H groups in total. The van der Waals surface area contributed by atoms with Crippen LogP contribution in [-0.2, 0) is 18.4 Å². The molecule has 0 unspecified atom stereocenters. The van der Waals surface area contributed by atoms with E-state index in [0.717, 1.165) is 43.0 Å². The minimum atomic E-state index is -0.482. The molecule has 0 bridgehead atoms. The Hall–Kier alpha value is -1.42. The lowest BCUT2D eigenvalue weighted by molar-refractivity contribution is 0.368. The van der Waals surface area contributed by atoms with Gasteiger partial charge in [-0.05, 0) is 43.9 Å². The average molecular weight is 336 g/mol. The maximum atomic E-state index is 13.3. The highest BCUT2D eigenvalue weighted by Gasteiger charge is 2.35. The van der Waals surface area contributed by atoms with Gasteiger partial charge in [-0.15, -0.1) is 10.2 Å². The monoisotopic (exact) mass is 335 g/mol. The lowest BCUT2D eigenvalue weighted by atomic mass is 9.79. The van der Waals surface area contributed by atoms with E-state index >= 15 is 0 Å². The van der Waals surface area contributed by atoms with Gasteiger partial charge in [-0.2, -0.15) is 0 Å². The van der Waals surface area contributed by atoms with E-state index in [2.05, 4.69) is 21.7 Å². The Kier molecular flexibility index (Phi) is 5.00. The lowest BCUT2D eigenvalue weighted by Gasteiger charge is -2.29. The predicted molar refractivity (Wildman–Crippen MR) is 90.7 cm³/mol. The molecule has 5 heteroatoms. The van der Waals surface area contributed by atoms with Gasteiger partial charge in [0.1, 0.15) is 11.6 Å². The summed E-state index contributed by atoms with van der Waals surface area (Å²) in [5, 5.41) is 9.59. The van der Waals surface area contributed by atoms with E-state index in [1.54, 1.807) is 0 Å². The predicted octanol–water partition coefficient (Wildman–Crippen LogP) is 4.71. The van der Waals surface area contributed by atoms with Gasteiger partial charge in [0.2, 0.25) is 0 Å². The summed E-state index contributed by atoms with van der Waals surface area (Å²) in [7, 11) is 0. The Balaban J connectivity index is 2.05. The zero-order valence-corrected chi connectivity index (χ0v) is 14.3. The van der Waals surface area contributed by atoms with Crippen LogP contribution in [0.4, 0.5) is 4.39 Å². The molecule has 0 spiro atoms. The van der Waals surface area contributed by atoms with Crippen molar-refractivity contribution in [3.8, 4) is 0 Å². The van der Waals surface area contributed by atoms with Crippen LogP contribution in [-0.4, -0.2) is 21.4 Å². The molecule has 3 rings (SSSR count). The van der Waals surface area contributed by atoms with Gasteiger partial charge < -0.3 is 4.57 Å². The number of fused-ring (bicyclic) bond motifs is 1. The van der Waals surface area contributed by atoms with Crippen molar-refractivity contribution in [3.05, 3.63) is 46.5 Å². The average Bonchev–Trinajstić information content (AvgIpc) is 2.90. The van der Waals surface area contributed by atoms with Crippen LogP contribution in [0.25, 0.3) is 0 Å². The number of hydrogen-bond acceptors (Lipinski definition) is 2. The maximum absolute atomic E-state index is 13.3. The van der Waals surface area contributed by atoms with Gasteiger partial charge in [0.25, 0.3) is 0 Å². The van der Waals surface area contributed by atoms with Crippen LogP contribution >= 0.6 is 11.6 Å². The molecule has 3 nitrogen and oxygen atoms in total. The topological polar surface area (TPSA) is 30.7 Å².